The van der Waals surface area contributed by atoms with Crippen LogP contribution in [0, 0.1) is 6.92 Å². The van der Waals surface area contributed by atoms with E-state index in [2.05, 4.69) is 60.8 Å². The van der Waals surface area contributed by atoms with Crippen LogP contribution in [0.5, 0.6) is 0 Å². The largest absolute Gasteiger partial charge is 0.466 e. The monoisotopic (exact) mass is 445 g/mol. The Kier molecular flexibility index (Phi) is 10.2. The highest BCUT2D eigenvalue weighted by Gasteiger charge is 2.37. The Morgan fingerprint density at radius 1 is 1.03 bits per heavy atom. The summed E-state index contributed by atoms with van der Waals surface area (Å²) in [6.45, 7) is 4.41. The zero-order valence-electron chi connectivity index (χ0n) is 20.0. The van der Waals surface area contributed by atoms with E-state index in [9.17, 15) is 14.4 Å². The van der Waals surface area contributed by atoms with Crippen LogP contribution >= 0.6 is 0 Å². The molecule has 2 N–H and O–H groups in total. The van der Waals surface area contributed by atoms with Crippen LogP contribution in [0.1, 0.15) is 63.0 Å². The predicted octanol–water partition coefficient (Wildman–Crippen LogP) is 2.75. The summed E-state index contributed by atoms with van der Waals surface area (Å²) < 4.78 is 4.82. The van der Waals surface area contributed by atoms with Gasteiger partial charge in [0, 0.05) is 31.0 Å². The number of esters is 1. The van der Waals surface area contributed by atoms with Gasteiger partial charge in [0.25, 0.3) is 0 Å². The van der Waals surface area contributed by atoms with Gasteiger partial charge in [-0.1, -0.05) is 29.8 Å². The minimum absolute atomic E-state index is 0.0913. The van der Waals surface area contributed by atoms with Crippen LogP contribution in [0.25, 0.3) is 0 Å². The van der Waals surface area contributed by atoms with Gasteiger partial charge in [-0.05, 0) is 65.6 Å². The topological polar surface area (TPSA) is 87.7 Å². The maximum atomic E-state index is 12.3. The van der Waals surface area contributed by atoms with Gasteiger partial charge in [0.05, 0.1) is 13.0 Å². The van der Waals surface area contributed by atoms with E-state index in [1.807, 2.05) is 0 Å². The molecule has 178 valence electrons. The zero-order chi connectivity index (χ0) is 23.6. The van der Waals surface area contributed by atoms with Crippen molar-refractivity contribution in [2.24, 2.45) is 0 Å². The summed E-state index contributed by atoms with van der Waals surface area (Å²) in [4.78, 5) is 37.8. The summed E-state index contributed by atoms with van der Waals surface area (Å²) in [5.41, 5.74) is 2.72. The van der Waals surface area contributed by atoms with E-state index in [4.69, 9.17) is 4.74 Å². The molecule has 0 heterocycles. The fraction of sp³-hybridized carbons (Fsp3) is 0.640. The molecule has 0 aliphatic heterocycles. The molecule has 0 aromatic heterocycles. The smallest absolute Gasteiger partial charge is 0.307 e. The average molecular weight is 446 g/mol. The second-order valence-corrected chi connectivity index (χ2v) is 9.03. The molecule has 0 bridgehead atoms. The highest BCUT2D eigenvalue weighted by atomic mass is 16.5. The number of nitrogens with one attached hydrogen (secondary N) is 2. The van der Waals surface area contributed by atoms with Crippen molar-refractivity contribution in [3.05, 3.63) is 35.4 Å². The number of carbonyl (C=O) groups is 3. The van der Waals surface area contributed by atoms with Gasteiger partial charge in [-0.15, -0.1) is 0 Å². The fourth-order valence-corrected chi connectivity index (χ4v) is 4.32. The van der Waals surface area contributed by atoms with Gasteiger partial charge in [0.15, 0.2) is 0 Å². The van der Waals surface area contributed by atoms with Crippen molar-refractivity contribution < 1.29 is 19.1 Å². The quantitative estimate of drug-likeness (QED) is 0.512. The average Bonchev–Trinajstić information content (AvgIpc) is 2.75. The molecule has 2 rings (SSSR count). The first-order chi connectivity index (χ1) is 15.2. The molecule has 2 amide bonds. The standard InChI is InChI=1S/C25H39N3O4/c1-5-32-24(31)14-17-26-22(29)10-11-23(30)27-21-12-15-25(16-13-21,28(3)4)18-20-8-6-19(2)7-9-20/h6-9,21H,5,10-18H2,1-4H3,(H,26,29)(H,27,30). The van der Waals surface area contributed by atoms with Crippen LogP contribution in [0.3, 0.4) is 0 Å². The van der Waals surface area contributed by atoms with Crippen LogP contribution in [0.15, 0.2) is 24.3 Å². The lowest BCUT2D eigenvalue weighted by Gasteiger charge is -2.45. The summed E-state index contributed by atoms with van der Waals surface area (Å²) in [5.74, 6) is -0.650. The zero-order valence-corrected chi connectivity index (χ0v) is 20.0. The Balaban J connectivity index is 1.72. The first-order valence-electron chi connectivity index (χ1n) is 11.7. The van der Waals surface area contributed by atoms with Gasteiger partial charge < -0.3 is 20.3 Å². The van der Waals surface area contributed by atoms with E-state index in [0.29, 0.717) is 6.61 Å². The summed E-state index contributed by atoms with van der Waals surface area (Å²) in [5, 5.41) is 5.76. The van der Waals surface area contributed by atoms with E-state index in [1.165, 1.54) is 11.1 Å². The third-order valence-electron chi connectivity index (χ3n) is 6.42. The Hall–Kier alpha value is -2.41. The van der Waals surface area contributed by atoms with Crippen LogP contribution in [-0.2, 0) is 25.5 Å². The SMILES string of the molecule is CCOC(=O)CCNC(=O)CCC(=O)NC1CCC(Cc2ccc(C)cc2)(N(C)C)CC1. The van der Waals surface area contributed by atoms with Crippen molar-refractivity contribution in [3.8, 4) is 0 Å². The van der Waals surface area contributed by atoms with E-state index in [1.54, 1.807) is 6.92 Å². The second-order valence-electron chi connectivity index (χ2n) is 9.03. The molecule has 7 nitrogen and oxygen atoms in total. The predicted molar refractivity (Wildman–Crippen MR) is 125 cm³/mol. The van der Waals surface area contributed by atoms with Gasteiger partial charge in [-0.25, -0.2) is 0 Å². The minimum Gasteiger partial charge on any atom is -0.466 e. The minimum atomic E-state index is -0.334. The number of hydrogen-bond acceptors (Lipinski definition) is 5. The normalized spacial score (nSPS) is 20.6. The number of hydrogen-bond donors (Lipinski definition) is 2. The van der Waals surface area contributed by atoms with Gasteiger partial charge >= 0.3 is 5.97 Å². The van der Waals surface area contributed by atoms with Gasteiger partial charge in [0.2, 0.25) is 11.8 Å². The highest BCUT2D eigenvalue weighted by Crippen LogP contribution is 2.35. The lowest BCUT2D eigenvalue weighted by atomic mass is 9.74. The number of rotatable bonds is 11. The Bertz CT molecular complexity index is 753. The number of carbonyl (C=O) groups excluding carboxylic acids is 3. The molecule has 1 aliphatic carbocycles. The molecule has 0 spiro atoms. The Labute approximate surface area is 192 Å². The molecule has 1 fully saturated rings. The highest BCUT2D eigenvalue weighted by molar-refractivity contribution is 5.84. The molecule has 0 radical (unpaired) electrons. The summed E-state index contributed by atoms with van der Waals surface area (Å²) >= 11 is 0. The number of benzene rings is 1. The van der Waals surface area contributed by atoms with E-state index in [0.717, 1.165) is 32.1 Å². The molecule has 7 heteroatoms. The number of nitrogens with zero attached hydrogens (tertiary/aromatic N) is 1. The molecule has 0 unspecified atom stereocenters. The number of ether oxygens (including phenoxy) is 1. The van der Waals surface area contributed by atoms with Crippen LogP contribution < -0.4 is 10.6 Å². The van der Waals surface area contributed by atoms with Gasteiger partial charge in [-0.2, -0.15) is 0 Å². The molecule has 1 aromatic carbocycles. The molecule has 1 aliphatic rings. The van der Waals surface area contributed by atoms with Crippen LogP contribution in [0.2, 0.25) is 0 Å². The molecular formula is C25H39N3O4. The Morgan fingerprint density at radius 3 is 2.25 bits per heavy atom. The van der Waals surface area contributed by atoms with Gasteiger partial charge in [0.1, 0.15) is 0 Å². The number of amides is 2. The number of likely N-dealkylation sites (N-methyl/N-ethyl adjacent to an activating group) is 1. The van der Waals surface area contributed by atoms with Crippen molar-refractivity contribution in [2.45, 2.75) is 76.8 Å². The van der Waals surface area contributed by atoms with Crippen molar-refractivity contribution in [2.75, 3.05) is 27.2 Å². The lowest BCUT2D eigenvalue weighted by molar-refractivity contribution is -0.143. The molecule has 32 heavy (non-hydrogen) atoms. The van der Waals surface area contributed by atoms with Crippen molar-refractivity contribution >= 4 is 17.8 Å². The lowest BCUT2D eigenvalue weighted by Crippen LogP contribution is -2.52. The molecule has 0 atom stereocenters. The van der Waals surface area contributed by atoms with Crippen LogP contribution in [-0.4, -0.2) is 61.5 Å². The molecule has 1 aromatic rings. The van der Waals surface area contributed by atoms with Crippen molar-refractivity contribution in [1.82, 2.24) is 15.5 Å². The first-order valence-corrected chi connectivity index (χ1v) is 11.7. The van der Waals surface area contributed by atoms with Crippen molar-refractivity contribution in [3.63, 3.8) is 0 Å². The first kappa shape index (κ1) is 25.8. The van der Waals surface area contributed by atoms with Gasteiger partial charge in [-0.3, -0.25) is 14.4 Å². The summed E-state index contributed by atoms with van der Waals surface area (Å²) in [6.07, 6.45) is 5.33. The maximum Gasteiger partial charge on any atom is 0.307 e. The third-order valence-corrected chi connectivity index (χ3v) is 6.42. The van der Waals surface area contributed by atoms with E-state index < -0.39 is 0 Å². The second kappa shape index (κ2) is 12.6. The number of aryl methyl sites for hydroxylation is 1. The van der Waals surface area contributed by atoms with E-state index >= 15 is 0 Å². The summed E-state index contributed by atoms with van der Waals surface area (Å²) in [6, 6.07) is 8.91. The Morgan fingerprint density at radius 2 is 1.66 bits per heavy atom. The maximum absolute atomic E-state index is 12.3. The third kappa shape index (κ3) is 8.26. The fourth-order valence-electron chi connectivity index (χ4n) is 4.32. The van der Waals surface area contributed by atoms with Crippen LogP contribution in [0.4, 0.5) is 0 Å². The summed E-state index contributed by atoms with van der Waals surface area (Å²) in [7, 11) is 4.29. The van der Waals surface area contributed by atoms with Crippen molar-refractivity contribution in [1.29, 1.82) is 0 Å². The molecule has 0 saturated heterocycles. The van der Waals surface area contributed by atoms with E-state index in [-0.39, 0.29) is 55.2 Å². The molecule has 1 saturated carbocycles. The molecular weight excluding hydrogens is 406 g/mol.